The molecule has 0 radical (unpaired) electrons. The molecule has 2 heterocycles. The normalized spacial score (nSPS) is 14.0. The number of nitrogens with one attached hydrogen (secondary N) is 1. The van der Waals surface area contributed by atoms with Gasteiger partial charge in [0.05, 0.1) is 12.0 Å². The molecule has 32 heavy (non-hydrogen) atoms. The van der Waals surface area contributed by atoms with Gasteiger partial charge in [-0.3, -0.25) is 9.59 Å². The molecule has 2 amide bonds. The number of methoxy groups -OCH3 is 1. The Labute approximate surface area is 186 Å². The van der Waals surface area contributed by atoms with Crippen molar-refractivity contribution in [1.29, 1.82) is 0 Å². The molecule has 4 rings (SSSR count). The summed E-state index contributed by atoms with van der Waals surface area (Å²) in [6.07, 6.45) is 3.44. The van der Waals surface area contributed by atoms with E-state index < -0.39 is 21.5 Å². The number of nitrogens with zero attached hydrogens (tertiary/aromatic N) is 2. The van der Waals surface area contributed by atoms with E-state index >= 15 is 0 Å². The van der Waals surface area contributed by atoms with E-state index in [0.29, 0.717) is 22.3 Å². The maximum Gasteiger partial charge on any atom is 0.242 e. The van der Waals surface area contributed by atoms with Gasteiger partial charge in [0.1, 0.15) is 18.0 Å². The molecule has 0 spiro atoms. The number of amides is 2. The van der Waals surface area contributed by atoms with Crippen LogP contribution in [0.25, 0.3) is 10.9 Å². The van der Waals surface area contributed by atoms with E-state index in [1.807, 2.05) is 0 Å². The smallest absolute Gasteiger partial charge is 0.242 e. The maximum absolute atomic E-state index is 13.1. The van der Waals surface area contributed by atoms with Crippen LogP contribution in [-0.2, 0) is 26.0 Å². The second-order valence-corrected chi connectivity index (χ2v) is 9.72. The van der Waals surface area contributed by atoms with Gasteiger partial charge in [0.15, 0.2) is 9.84 Å². The first-order chi connectivity index (χ1) is 15.4. The Bertz CT molecular complexity index is 1260. The Morgan fingerprint density at radius 3 is 2.56 bits per heavy atom. The van der Waals surface area contributed by atoms with Crippen molar-refractivity contribution in [3.8, 4) is 5.75 Å². The van der Waals surface area contributed by atoms with Gasteiger partial charge in [-0.05, 0) is 31.0 Å². The summed E-state index contributed by atoms with van der Waals surface area (Å²) >= 11 is 0. The van der Waals surface area contributed by atoms with Crippen molar-refractivity contribution in [3.63, 3.8) is 0 Å². The minimum absolute atomic E-state index is 0.0389. The first-order valence-corrected chi connectivity index (χ1v) is 12.0. The Kier molecular flexibility index (Phi) is 6.18. The van der Waals surface area contributed by atoms with E-state index in [2.05, 4.69) is 5.32 Å². The summed E-state index contributed by atoms with van der Waals surface area (Å²) in [6, 6.07) is 13.7. The Morgan fingerprint density at radius 2 is 1.81 bits per heavy atom. The van der Waals surface area contributed by atoms with E-state index in [0.717, 1.165) is 25.9 Å². The molecular weight excluding hydrogens is 430 g/mol. The summed E-state index contributed by atoms with van der Waals surface area (Å²) < 4.78 is 33.0. The van der Waals surface area contributed by atoms with Gasteiger partial charge in [0.2, 0.25) is 11.8 Å². The van der Waals surface area contributed by atoms with E-state index in [1.165, 1.54) is 13.3 Å². The number of sulfone groups is 1. The van der Waals surface area contributed by atoms with Gasteiger partial charge < -0.3 is 19.5 Å². The molecule has 1 aliphatic heterocycles. The zero-order valence-corrected chi connectivity index (χ0v) is 18.6. The van der Waals surface area contributed by atoms with Gasteiger partial charge >= 0.3 is 0 Å². The average molecular weight is 456 g/mol. The molecule has 0 saturated carbocycles. The topological polar surface area (TPSA) is 97.7 Å². The molecule has 0 bridgehead atoms. The molecule has 1 aliphatic rings. The highest BCUT2D eigenvalue weighted by atomic mass is 32.2. The lowest BCUT2D eigenvalue weighted by atomic mass is 10.2. The lowest BCUT2D eigenvalue weighted by Gasteiger charge is -2.15. The summed E-state index contributed by atoms with van der Waals surface area (Å²) in [7, 11) is -2.44. The molecule has 1 fully saturated rings. The van der Waals surface area contributed by atoms with Gasteiger partial charge in [0.25, 0.3) is 0 Å². The second-order valence-electron chi connectivity index (χ2n) is 7.77. The van der Waals surface area contributed by atoms with Crippen LogP contribution in [0.15, 0.2) is 59.6 Å². The third kappa shape index (κ3) is 4.62. The fraction of sp³-hybridized carbons (Fsp3) is 0.304. The average Bonchev–Trinajstić information content (AvgIpc) is 3.42. The fourth-order valence-corrected chi connectivity index (χ4v) is 5.32. The fourth-order valence-electron chi connectivity index (χ4n) is 3.95. The third-order valence-corrected chi connectivity index (χ3v) is 7.16. The number of hydrogen-bond donors (Lipinski definition) is 1. The predicted octanol–water partition coefficient (Wildman–Crippen LogP) is 2.68. The van der Waals surface area contributed by atoms with E-state index in [-0.39, 0.29) is 17.3 Å². The standard InChI is InChI=1S/C23H25N3O5S/c1-31-18-8-6-7-17(13-18)24-22(27)16-32(29,30)21-14-26(20-10-3-2-9-19(20)21)15-23(28)25-11-4-5-12-25/h2-3,6-10,13-14H,4-5,11-12,15-16H2,1H3,(H,24,27). The molecule has 0 aliphatic carbocycles. The minimum Gasteiger partial charge on any atom is -0.497 e. The number of rotatable bonds is 7. The number of ether oxygens (including phenoxy) is 1. The number of carbonyl (C=O) groups is 2. The van der Waals surface area contributed by atoms with E-state index in [9.17, 15) is 18.0 Å². The number of anilines is 1. The lowest BCUT2D eigenvalue weighted by Crippen LogP contribution is -2.30. The summed E-state index contributed by atoms with van der Waals surface area (Å²) in [4.78, 5) is 27.0. The number of aromatic nitrogens is 1. The highest BCUT2D eigenvalue weighted by Crippen LogP contribution is 2.27. The molecule has 0 atom stereocenters. The van der Waals surface area contributed by atoms with Crippen LogP contribution < -0.4 is 10.1 Å². The van der Waals surface area contributed by atoms with Crippen LogP contribution in [0.5, 0.6) is 5.75 Å². The van der Waals surface area contributed by atoms with Gasteiger partial charge in [-0.2, -0.15) is 0 Å². The molecule has 1 N–H and O–H groups in total. The van der Waals surface area contributed by atoms with Crippen molar-refractivity contribution >= 4 is 38.2 Å². The largest absolute Gasteiger partial charge is 0.497 e. The van der Waals surface area contributed by atoms with Crippen LogP contribution in [0, 0.1) is 0 Å². The Morgan fingerprint density at radius 1 is 1.06 bits per heavy atom. The molecule has 2 aromatic carbocycles. The van der Waals surface area contributed by atoms with Gasteiger partial charge in [-0.1, -0.05) is 24.3 Å². The monoisotopic (exact) mass is 455 g/mol. The van der Waals surface area contributed by atoms with Crippen LogP contribution >= 0.6 is 0 Å². The first kappa shape index (κ1) is 21.9. The number of fused-ring (bicyclic) bond motifs is 1. The third-order valence-electron chi connectivity index (χ3n) is 5.53. The van der Waals surface area contributed by atoms with Crippen LogP contribution in [0.4, 0.5) is 5.69 Å². The SMILES string of the molecule is COc1cccc(NC(=O)CS(=O)(=O)c2cn(CC(=O)N3CCCC3)c3ccccc23)c1. The summed E-state index contributed by atoms with van der Waals surface area (Å²) in [5.74, 6) is -0.847. The zero-order valence-electron chi connectivity index (χ0n) is 17.8. The van der Waals surface area contributed by atoms with Crippen LogP contribution in [0.2, 0.25) is 0 Å². The van der Waals surface area contributed by atoms with Gasteiger partial charge in [0, 0.05) is 41.9 Å². The minimum atomic E-state index is -3.94. The predicted molar refractivity (Wildman–Crippen MR) is 121 cm³/mol. The van der Waals surface area contributed by atoms with Crippen molar-refractivity contribution in [2.24, 2.45) is 0 Å². The summed E-state index contributed by atoms with van der Waals surface area (Å²) in [6.45, 7) is 1.52. The van der Waals surface area contributed by atoms with Crippen LogP contribution in [0.3, 0.4) is 0 Å². The highest BCUT2D eigenvalue weighted by molar-refractivity contribution is 7.92. The summed E-state index contributed by atoms with van der Waals surface area (Å²) in [5, 5.41) is 3.10. The number of para-hydroxylation sites is 1. The summed E-state index contributed by atoms with van der Waals surface area (Å²) in [5.41, 5.74) is 1.09. The second kappa shape index (κ2) is 9.04. The Balaban J connectivity index is 1.57. The van der Waals surface area contributed by atoms with Crippen molar-refractivity contribution in [2.45, 2.75) is 24.3 Å². The highest BCUT2D eigenvalue weighted by Gasteiger charge is 2.26. The maximum atomic E-state index is 13.1. The molecule has 1 aromatic heterocycles. The van der Waals surface area contributed by atoms with Gasteiger partial charge in [-0.15, -0.1) is 0 Å². The van der Waals surface area contributed by atoms with Crippen LogP contribution in [0.1, 0.15) is 12.8 Å². The van der Waals surface area contributed by atoms with Crippen molar-refractivity contribution in [1.82, 2.24) is 9.47 Å². The molecule has 168 valence electrons. The molecule has 1 saturated heterocycles. The van der Waals surface area contributed by atoms with Crippen LogP contribution in [-0.4, -0.2) is 55.7 Å². The molecule has 8 nitrogen and oxygen atoms in total. The number of hydrogen-bond acceptors (Lipinski definition) is 5. The molecule has 9 heteroatoms. The van der Waals surface area contributed by atoms with E-state index in [1.54, 1.807) is 58.0 Å². The number of carbonyl (C=O) groups excluding carboxylic acids is 2. The van der Waals surface area contributed by atoms with Crippen molar-refractivity contribution in [2.75, 3.05) is 31.3 Å². The molecular formula is C23H25N3O5S. The van der Waals surface area contributed by atoms with Crippen molar-refractivity contribution in [3.05, 3.63) is 54.7 Å². The van der Waals surface area contributed by atoms with Gasteiger partial charge in [-0.25, -0.2) is 8.42 Å². The number of likely N-dealkylation sites (tertiary alicyclic amines) is 1. The van der Waals surface area contributed by atoms with Crippen molar-refractivity contribution < 1.29 is 22.7 Å². The lowest BCUT2D eigenvalue weighted by molar-refractivity contribution is -0.130. The molecule has 0 unspecified atom stereocenters. The molecule has 3 aromatic rings. The van der Waals surface area contributed by atoms with E-state index in [4.69, 9.17) is 4.74 Å². The quantitative estimate of drug-likeness (QED) is 0.591. The first-order valence-electron chi connectivity index (χ1n) is 10.4. The zero-order chi connectivity index (χ0) is 22.7. The number of benzene rings is 2. The Hall–Kier alpha value is -3.33.